The van der Waals surface area contributed by atoms with Gasteiger partial charge < -0.3 is 15.0 Å². The van der Waals surface area contributed by atoms with Gasteiger partial charge in [-0.2, -0.15) is 0 Å². The molecule has 0 bridgehead atoms. The largest absolute Gasteiger partial charge is 0.462 e. The van der Waals surface area contributed by atoms with Crippen molar-refractivity contribution in [3.8, 4) is 0 Å². The predicted octanol–water partition coefficient (Wildman–Crippen LogP) is 4.73. The highest BCUT2D eigenvalue weighted by Gasteiger charge is 2.33. The second-order valence-electron chi connectivity index (χ2n) is 5.93. The number of rotatable bonds is 4. The van der Waals surface area contributed by atoms with Crippen LogP contribution in [-0.2, 0) is 4.74 Å². The Hall–Kier alpha value is -2.26. The summed E-state index contributed by atoms with van der Waals surface area (Å²) >= 11 is 6.73. The van der Waals surface area contributed by atoms with Crippen LogP contribution in [0.3, 0.4) is 0 Å². The molecule has 1 aliphatic rings. The normalized spacial score (nSPS) is 16.1. The summed E-state index contributed by atoms with van der Waals surface area (Å²) in [6.07, 6.45) is 0. The van der Waals surface area contributed by atoms with Gasteiger partial charge in [-0.05, 0) is 43.4 Å². The van der Waals surface area contributed by atoms with Crippen molar-refractivity contribution >= 4 is 40.7 Å². The van der Waals surface area contributed by atoms with Crippen LogP contribution in [0.2, 0.25) is 0 Å². The maximum absolute atomic E-state index is 14.2. The van der Waals surface area contributed by atoms with E-state index in [4.69, 9.17) is 17.0 Å². The van der Waals surface area contributed by atoms with Gasteiger partial charge in [0.05, 0.1) is 17.7 Å². The zero-order chi connectivity index (χ0) is 20.3. The molecule has 9 heteroatoms. The Labute approximate surface area is 170 Å². The molecule has 0 aliphatic carbocycles. The molecule has 2 aromatic rings. The van der Waals surface area contributed by atoms with Gasteiger partial charge in [-0.1, -0.05) is 0 Å². The summed E-state index contributed by atoms with van der Waals surface area (Å²) in [6, 6.07) is 7.85. The van der Waals surface area contributed by atoms with Gasteiger partial charge in [-0.15, -0.1) is 11.8 Å². The minimum absolute atomic E-state index is 0.217. The maximum Gasteiger partial charge on any atom is 0.338 e. The van der Waals surface area contributed by atoms with Crippen LogP contribution in [-0.4, -0.2) is 34.9 Å². The fourth-order valence-corrected chi connectivity index (χ4v) is 4.49. The molecule has 1 heterocycles. The number of halogens is 3. The zero-order valence-corrected chi connectivity index (χ0v) is 16.5. The number of carbonyl (C=O) groups excluding carboxylic acids is 1. The van der Waals surface area contributed by atoms with Gasteiger partial charge in [0.2, 0.25) is 0 Å². The molecule has 4 nitrogen and oxygen atoms in total. The molecule has 1 saturated heterocycles. The number of ether oxygens (including phenoxy) is 1. The third-order valence-electron chi connectivity index (χ3n) is 4.09. The van der Waals surface area contributed by atoms with Crippen molar-refractivity contribution in [3.05, 3.63) is 65.0 Å². The number of hydrogen-bond donors (Lipinski definition) is 1. The molecule has 1 N–H and O–H groups in total. The van der Waals surface area contributed by atoms with Crippen molar-refractivity contribution in [2.24, 2.45) is 0 Å². The molecule has 28 heavy (non-hydrogen) atoms. The third kappa shape index (κ3) is 4.41. The molecule has 0 spiro atoms. The van der Waals surface area contributed by atoms with Gasteiger partial charge in [0.15, 0.2) is 5.11 Å². The molecule has 0 radical (unpaired) electrons. The lowest BCUT2D eigenvalue weighted by atomic mass is 10.1. The van der Waals surface area contributed by atoms with Crippen LogP contribution in [0.25, 0.3) is 0 Å². The van der Waals surface area contributed by atoms with Crippen molar-refractivity contribution in [1.82, 2.24) is 4.90 Å². The summed E-state index contributed by atoms with van der Waals surface area (Å²) < 4.78 is 46.5. The van der Waals surface area contributed by atoms with Gasteiger partial charge in [0, 0.05) is 30.1 Å². The number of carbonyl (C=O) groups is 1. The summed E-state index contributed by atoms with van der Waals surface area (Å²) in [4.78, 5) is 13.3. The highest BCUT2D eigenvalue weighted by molar-refractivity contribution is 7.99. The van der Waals surface area contributed by atoms with E-state index in [0.29, 0.717) is 35.7 Å². The minimum atomic E-state index is -0.962. The lowest BCUT2D eigenvalue weighted by Crippen LogP contribution is -2.34. The topological polar surface area (TPSA) is 41.6 Å². The van der Waals surface area contributed by atoms with E-state index in [1.54, 1.807) is 36.1 Å². The molecule has 1 atom stereocenters. The smallest absolute Gasteiger partial charge is 0.338 e. The van der Waals surface area contributed by atoms with Crippen LogP contribution in [0.15, 0.2) is 36.4 Å². The fourth-order valence-electron chi connectivity index (χ4n) is 2.81. The average Bonchev–Trinajstić information content (AvgIpc) is 3.11. The standard InChI is InChI=1S/C19H17F3N2O2S2/c1-2-26-18(25)11-3-5-13(6-4-11)23-19(27)24-7-8-28-17(24)16-14(21)9-12(20)10-15(16)22/h3-6,9-10,17H,2,7-8H2,1H3,(H,23,27)/t17-/m1/s1. The molecule has 0 aromatic heterocycles. The Bertz CT molecular complexity index is 870. The van der Waals surface area contributed by atoms with E-state index in [1.807, 2.05) is 0 Å². The Kier molecular flexibility index (Phi) is 6.46. The minimum Gasteiger partial charge on any atom is -0.462 e. The summed E-state index contributed by atoms with van der Waals surface area (Å²) in [5.74, 6) is -2.65. The van der Waals surface area contributed by atoms with Crippen LogP contribution >= 0.6 is 24.0 Å². The Morgan fingerprint density at radius 1 is 1.25 bits per heavy atom. The maximum atomic E-state index is 14.2. The van der Waals surface area contributed by atoms with Crippen LogP contribution < -0.4 is 5.32 Å². The number of nitrogens with zero attached hydrogens (tertiary/aromatic N) is 1. The van der Waals surface area contributed by atoms with Gasteiger partial charge in [-0.25, -0.2) is 18.0 Å². The highest BCUT2D eigenvalue weighted by Crippen LogP contribution is 2.40. The first-order valence-corrected chi connectivity index (χ1v) is 9.97. The SMILES string of the molecule is CCOC(=O)c1ccc(NC(=S)N2CCS[C@@H]2c2c(F)cc(F)cc2F)cc1. The zero-order valence-electron chi connectivity index (χ0n) is 14.9. The van der Waals surface area contributed by atoms with Crippen molar-refractivity contribution in [2.75, 3.05) is 24.2 Å². The summed E-state index contributed by atoms with van der Waals surface area (Å²) in [5, 5.41) is 2.59. The summed E-state index contributed by atoms with van der Waals surface area (Å²) in [7, 11) is 0. The van der Waals surface area contributed by atoms with E-state index in [1.165, 1.54) is 11.8 Å². The lowest BCUT2D eigenvalue weighted by Gasteiger charge is -2.27. The number of thiocarbonyl (C=S) groups is 1. The van der Waals surface area contributed by atoms with Crippen LogP contribution in [0.1, 0.15) is 28.2 Å². The Balaban J connectivity index is 1.74. The molecular formula is C19H17F3N2O2S2. The van der Waals surface area contributed by atoms with E-state index in [-0.39, 0.29) is 17.3 Å². The number of hydrogen-bond acceptors (Lipinski definition) is 4. The monoisotopic (exact) mass is 426 g/mol. The highest BCUT2D eigenvalue weighted by atomic mass is 32.2. The number of anilines is 1. The molecule has 148 valence electrons. The first-order chi connectivity index (χ1) is 13.4. The van der Waals surface area contributed by atoms with E-state index in [2.05, 4.69) is 5.32 Å². The van der Waals surface area contributed by atoms with Crippen molar-refractivity contribution in [1.29, 1.82) is 0 Å². The number of esters is 1. The third-order valence-corrected chi connectivity index (χ3v) is 5.65. The molecule has 0 saturated carbocycles. The van der Waals surface area contributed by atoms with Gasteiger partial charge >= 0.3 is 5.97 Å². The van der Waals surface area contributed by atoms with E-state index >= 15 is 0 Å². The van der Waals surface area contributed by atoms with Crippen molar-refractivity contribution in [2.45, 2.75) is 12.3 Å². The quantitative estimate of drug-likeness (QED) is 0.563. The first kappa shape index (κ1) is 20.5. The summed E-state index contributed by atoms with van der Waals surface area (Å²) in [6.45, 7) is 2.50. The van der Waals surface area contributed by atoms with E-state index in [0.717, 1.165) is 0 Å². The van der Waals surface area contributed by atoms with Gasteiger partial charge in [0.25, 0.3) is 0 Å². The predicted molar refractivity (Wildman–Crippen MR) is 107 cm³/mol. The van der Waals surface area contributed by atoms with Crippen LogP contribution in [0.4, 0.5) is 18.9 Å². The second-order valence-corrected chi connectivity index (χ2v) is 7.50. The fraction of sp³-hybridized carbons (Fsp3) is 0.263. The number of nitrogens with one attached hydrogen (secondary N) is 1. The lowest BCUT2D eigenvalue weighted by molar-refractivity contribution is 0.0526. The van der Waals surface area contributed by atoms with Crippen molar-refractivity contribution < 1.29 is 22.7 Å². The molecule has 1 aliphatic heterocycles. The van der Waals surface area contributed by atoms with Crippen LogP contribution in [0.5, 0.6) is 0 Å². The molecular weight excluding hydrogens is 409 g/mol. The van der Waals surface area contributed by atoms with E-state index < -0.39 is 28.8 Å². The van der Waals surface area contributed by atoms with Crippen molar-refractivity contribution in [3.63, 3.8) is 0 Å². The average molecular weight is 426 g/mol. The Morgan fingerprint density at radius 3 is 2.50 bits per heavy atom. The number of thioether (sulfide) groups is 1. The molecule has 3 rings (SSSR count). The second kappa shape index (κ2) is 8.83. The molecule has 1 fully saturated rings. The Morgan fingerprint density at radius 2 is 1.89 bits per heavy atom. The van der Waals surface area contributed by atoms with E-state index in [9.17, 15) is 18.0 Å². The van der Waals surface area contributed by atoms with Gasteiger partial charge in [0.1, 0.15) is 22.8 Å². The number of benzene rings is 2. The van der Waals surface area contributed by atoms with Gasteiger partial charge in [-0.3, -0.25) is 0 Å². The molecule has 2 aromatic carbocycles. The van der Waals surface area contributed by atoms with Crippen LogP contribution in [0, 0.1) is 17.5 Å². The first-order valence-electron chi connectivity index (χ1n) is 8.51. The molecule has 0 unspecified atom stereocenters. The summed E-state index contributed by atoms with van der Waals surface area (Å²) in [5.41, 5.74) is 0.808. The molecule has 0 amide bonds.